The van der Waals surface area contributed by atoms with Crippen molar-refractivity contribution < 1.29 is 9.59 Å². The Bertz CT molecular complexity index is 520. The maximum atomic E-state index is 12.1. The third-order valence-electron chi connectivity index (χ3n) is 3.53. The molecular weight excluding hydrogens is 252 g/mol. The zero-order valence-corrected chi connectivity index (χ0v) is 12.0. The number of nitrogens with zero attached hydrogens (tertiary/aromatic N) is 2. The second kappa shape index (κ2) is 5.90. The molecule has 0 radical (unpaired) electrons. The lowest BCUT2D eigenvalue weighted by Gasteiger charge is -2.33. The molecule has 0 bridgehead atoms. The van der Waals surface area contributed by atoms with Crippen LogP contribution in [0.5, 0.6) is 0 Å². The molecule has 106 valence electrons. The van der Waals surface area contributed by atoms with Crippen molar-refractivity contribution in [2.24, 2.45) is 0 Å². The van der Waals surface area contributed by atoms with Gasteiger partial charge in [0.05, 0.1) is 0 Å². The second-order valence-electron chi connectivity index (χ2n) is 5.24. The highest BCUT2D eigenvalue weighted by atomic mass is 16.2. The number of piperazine rings is 1. The summed E-state index contributed by atoms with van der Waals surface area (Å²) in [6.45, 7) is 9.34. The summed E-state index contributed by atoms with van der Waals surface area (Å²) in [6, 6.07) is 7.83. The maximum absolute atomic E-state index is 12.1. The maximum Gasteiger partial charge on any atom is 0.316 e. The van der Waals surface area contributed by atoms with Crippen molar-refractivity contribution in [3.05, 3.63) is 42.5 Å². The molecule has 1 aliphatic heterocycles. The van der Waals surface area contributed by atoms with E-state index in [-0.39, 0.29) is 0 Å². The van der Waals surface area contributed by atoms with Crippen LogP contribution in [0.3, 0.4) is 0 Å². The summed E-state index contributed by atoms with van der Waals surface area (Å²) in [5.74, 6) is -0.467. The molecule has 1 aromatic rings. The van der Waals surface area contributed by atoms with Crippen molar-refractivity contribution in [1.82, 2.24) is 4.90 Å². The van der Waals surface area contributed by atoms with E-state index < -0.39 is 11.8 Å². The van der Waals surface area contributed by atoms with Crippen LogP contribution in [0.15, 0.2) is 36.9 Å². The summed E-state index contributed by atoms with van der Waals surface area (Å²) in [4.78, 5) is 27.2. The Morgan fingerprint density at radius 3 is 2.35 bits per heavy atom. The van der Waals surface area contributed by atoms with Gasteiger partial charge in [-0.1, -0.05) is 32.1 Å². The van der Waals surface area contributed by atoms with Gasteiger partial charge in [0.15, 0.2) is 0 Å². The topological polar surface area (TPSA) is 40.6 Å². The highest BCUT2D eigenvalue weighted by Gasteiger charge is 2.32. The number of rotatable bonds is 4. The zero-order valence-electron chi connectivity index (χ0n) is 12.0. The lowest BCUT2D eigenvalue weighted by atomic mass is 10.0. The number of amides is 2. The first-order valence-corrected chi connectivity index (χ1v) is 6.86. The van der Waals surface area contributed by atoms with Gasteiger partial charge in [-0.3, -0.25) is 9.59 Å². The molecule has 1 saturated heterocycles. The molecule has 2 rings (SSSR count). The van der Waals surface area contributed by atoms with E-state index in [9.17, 15) is 9.59 Å². The van der Waals surface area contributed by atoms with Gasteiger partial charge in [0.2, 0.25) is 0 Å². The van der Waals surface area contributed by atoms with Crippen molar-refractivity contribution in [1.29, 1.82) is 0 Å². The molecule has 2 amide bonds. The summed E-state index contributed by atoms with van der Waals surface area (Å²) in [5, 5.41) is 0. The number of carbonyl (C=O) groups is 2. The molecule has 20 heavy (non-hydrogen) atoms. The van der Waals surface area contributed by atoms with Gasteiger partial charge in [-0.15, -0.1) is 6.58 Å². The lowest BCUT2D eigenvalue weighted by molar-refractivity contribution is -0.145. The molecule has 0 unspecified atom stereocenters. The Balaban J connectivity index is 2.16. The van der Waals surface area contributed by atoms with Crippen molar-refractivity contribution in [3.8, 4) is 0 Å². The minimum atomic E-state index is -0.463. The molecule has 1 heterocycles. The first-order chi connectivity index (χ1) is 9.54. The lowest BCUT2D eigenvalue weighted by Crippen LogP contribution is -2.54. The van der Waals surface area contributed by atoms with Crippen LogP contribution in [0.4, 0.5) is 5.69 Å². The van der Waals surface area contributed by atoms with Gasteiger partial charge in [0, 0.05) is 25.3 Å². The summed E-state index contributed by atoms with van der Waals surface area (Å²) in [7, 11) is 0. The van der Waals surface area contributed by atoms with E-state index in [1.165, 1.54) is 10.5 Å². The number of benzene rings is 1. The first-order valence-electron chi connectivity index (χ1n) is 6.86. The highest BCUT2D eigenvalue weighted by Crippen LogP contribution is 2.22. The van der Waals surface area contributed by atoms with E-state index in [0.717, 1.165) is 5.69 Å². The minimum absolute atomic E-state index is 0.421. The smallest absolute Gasteiger partial charge is 0.316 e. The van der Waals surface area contributed by atoms with Gasteiger partial charge in [-0.05, 0) is 23.6 Å². The molecule has 1 aliphatic rings. The van der Waals surface area contributed by atoms with Crippen LogP contribution < -0.4 is 4.90 Å². The molecule has 0 saturated carbocycles. The van der Waals surface area contributed by atoms with E-state index in [1.807, 2.05) is 24.3 Å². The summed E-state index contributed by atoms with van der Waals surface area (Å²) < 4.78 is 0. The number of hydrogen-bond donors (Lipinski definition) is 0. The fourth-order valence-corrected chi connectivity index (χ4v) is 2.29. The molecule has 0 aromatic heterocycles. The van der Waals surface area contributed by atoms with E-state index in [1.54, 1.807) is 11.0 Å². The quantitative estimate of drug-likeness (QED) is 0.622. The largest absolute Gasteiger partial charge is 0.329 e. The van der Waals surface area contributed by atoms with Gasteiger partial charge < -0.3 is 9.80 Å². The average molecular weight is 272 g/mol. The number of carbonyl (C=O) groups excluding carboxylic acids is 2. The summed E-state index contributed by atoms with van der Waals surface area (Å²) in [6.07, 6.45) is 1.64. The predicted octanol–water partition coefficient (Wildman–Crippen LogP) is 2.17. The monoisotopic (exact) mass is 272 g/mol. The van der Waals surface area contributed by atoms with E-state index in [2.05, 4.69) is 20.4 Å². The normalized spacial score (nSPS) is 15.9. The third kappa shape index (κ3) is 2.74. The molecule has 0 aliphatic carbocycles. The van der Waals surface area contributed by atoms with Gasteiger partial charge in [-0.2, -0.15) is 0 Å². The van der Waals surface area contributed by atoms with Crippen LogP contribution in [0.25, 0.3) is 0 Å². The standard InChI is InChI=1S/C16H20N2O2/c1-4-9-17-10-11-18(16(20)15(17)19)14-7-5-13(6-8-14)12(2)3/h4-8,12H,1,9-11H2,2-3H3. The Morgan fingerprint density at radius 2 is 1.80 bits per heavy atom. The van der Waals surface area contributed by atoms with Crippen LogP contribution in [0.1, 0.15) is 25.3 Å². The molecule has 1 aromatic carbocycles. The Morgan fingerprint density at radius 1 is 1.15 bits per heavy atom. The average Bonchev–Trinajstić information content (AvgIpc) is 2.44. The van der Waals surface area contributed by atoms with Gasteiger partial charge in [-0.25, -0.2) is 0 Å². The fraction of sp³-hybridized carbons (Fsp3) is 0.375. The Labute approximate surface area is 119 Å². The van der Waals surface area contributed by atoms with Crippen molar-refractivity contribution in [2.45, 2.75) is 19.8 Å². The second-order valence-corrected chi connectivity index (χ2v) is 5.24. The van der Waals surface area contributed by atoms with Crippen molar-refractivity contribution in [2.75, 3.05) is 24.5 Å². The number of hydrogen-bond acceptors (Lipinski definition) is 2. The number of anilines is 1. The molecule has 0 atom stereocenters. The van der Waals surface area contributed by atoms with Crippen LogP contribution in [-0.4, -0.2) is 36.3 Å². The van der Waals surface area contributed by atoms with E-state index in [0.29, 0.717) is 25.6 Å². The van der Waals surface area contributed by atoms with Gasteiger partial charge in [0.1, 0.15) is 0 Å². The van der Waals surface area contributed by atoms with E-state index >= 15 is 0 Å². The molecule has 0 N–H and O–H groups in total. The highest BCUT2D eigenvalue weighted by molar-refractivity contribution is 6.41. The summed E-state index contributed by atoms with van der Waals surface area (Å²) >= 11 is 0. The zero-order chi connectivity index (χ0) is 14.7. The van der Waals surface area contributed by atoms with E-state index in [4.69, 9.17) is 0 Å². The minimum Gasteiger partial charge on any atom is -0.329 e. The third-order valence-corrected chi connectivity index (χ3v) is 3.53. The molecular formula is C16H20N2O2. The van der Waals surface area contributed by atoms with Crippen molar-refractivity contribution in [3.63, 3.8) is 0 Å². The van der Waals surface area contributed by atoms with Crippen LogP contribution in [0.2, 0.25) is 0 Å². The molecule has 4 nitrogen and oxygen atoms in total. The van der Waals surface area contributed by atoms with Crippen LogP contribution >= 0.6 is 0 Å². The fourth-order valence-electron chi connectivity index (χ4n) is 2.29. The Kier molecular flexibility index (Phi) is 4.23. The predicted molar refractivity (Wildman–Crippen MR) is 79.7 cm³/mol. The van der Waals surface area contributed by atoms with Crippen LogP contribution in [0, 0.1) is 0 Å². The van der Waals surface area contributed by atoms with Gasteiger partial charge in [0.25, 0.3) is 0 Å². The van der Waals surface area contributed by atoms with Gasteiger partial charge >= 0.3 is 11.8 Å². The van der Waals surface area contributed by atoms with Crippen molar-refractivity contribution >= 4 is 17.5 Å². The Hall–Kier alpha value is -2.10. The molecule has 0 spiro atoms. The molecule has 1 fully saturated rings. The SMILES string of the molecule is C=CCN1CCN(c2ccc(C(C)C)cc2)C(=O)C1=O. The molecule has 4 heteroatoms. The summed E-state index contributed by atoms with van der Waals surface area (Å²) in [5.41, 5.74) is 2.00. The van der Waals surface area contributed by atoms with Crippen LogP contribution in [-0.2, 0) is 9.59 Å². The first kappa shape index (κ1) is 14.3.